The van der Waals surface area contributed by atoms with Gasteiger partial charge >= 0.3 is 6.03 Å². The van der Waals surface area contributed by atoms with Gasteiger partial charge in [0.2, 0.25) is 0 Å². The summed E-state index contributed by atoms with van der Waals surface area (Å²) in [5, 5.41) is 14.1. The molecular formula is C19H24N2O2S. The molecule has 2 unspecified atom stereocenters. The lowest BCUT2D eigenvalue weighted by Crippen LogP contribution is -2.63. The molecule has 128 valence electrons. The Morgan fingerprint density at radius 2 is 1.96 bits per heavy atom. The number of hydrogen-bond acceptors (Lipinski definition) is 3. The predicted molar refractivity (Wildman–Crippen MR) is 95.3 cm³/mol. The van der Waals surface area contributed by atoms with Crippen LogP contribution < -0.4 is 10.2 Å². The highest BCUT2D eigenvalue weighted by Crippen LogP contribution is 2.55. The zero-order valence-corrected chi connectivity index (χ0v) is 14.6. The van der Waals surface area contributed by atoms with Gasteiger partial charge in [0.15, 0.2) is 0 Å². The Kier molecular flexibility index (Phi) is 3.39. The Labute approximate surface area is 147 Å². The molecule has 0 aromatic heterocycles. The summed E-state index contributed by atoms with van der Waals surface area (Å²) in [5.74, 6) is 2.54. The van der Waals surface area contributed by atoms with Gasteiger partial charge in [-0.3, -0.25) is 4.90 Å². The summed E-state index contributed by atoms with van der Waals surface area (Å²) in [6.45, 7) is 0.766. The minimum absolute atomic E-state index is 0.0483. The average molecular weight is 344 g/mol. The summed E-state index contributed by atoms with van der Waals surface area (Å²) in [5.41, 5.74) is 0.597. The molecule has 4 nitrogen and oxygen atoms in total. The Bertz CT molecular complexity index is 663. The molecule has 2 atom stereocenters. The number of hydrogen-bond donors (Lipinski definition) is 2. The van der Waals surface area contributed by atoms with Crippen molar-refractivity contribution >= 4 is 23.5 Å². The van der Waals surface area contributed by atoms with Gasteiger partial charge in [0.25, 0.3) is 0 Å². The lowest BCUT2D eigenvalue weighted by Gasteiger charge is -2.58. The summed E-state index contributed by atoms with van der Waals surface area (Å²) in [7, 11) is 0. The third kappa shape index (κ3) is 2.36. The normalized spacial score (nSPS) is 39.6. The van der Waals surface area contributed by atoms with E-state index >= 15 is 0 Å². The number of anilines is 1. The van der Waals surface area contributed by atoms with E-state index in [9.17, 15) is 9.90 Å². The molecule has 2 N–H and O–H groups in total. The van der Waals surface area contributed by atoms with E-state index < -0.39 is 5.60 Å². The molecule has 2 amide bonds. The predicted octanol–water partition coefficient (Wildman–Crippen LogP) is 3.25. The first kappa shape index (κ1) is 15.1. The Balaban J connectivity index is 1.35. The average Bonchev–Trinajstić information content (AvgIpc) is 2.56. The van der Waals surface area contributed by atoms with Crippen LogP contribution in [0.5, 0.6) is 0 Å². The monoisotopic (exact) mass is 344 g/mol. The maximum absolute atomic E-state index is 13.0. The number of rotatable bonds is 1. The number of urea groups is 1. The molecule has 1 aromatic carbocycles. The van der Waals surface area contributed by atoms with E-state index in [1.807, 2.05) is 34.9 Å². The number of amides is 2. The van der Waals surface area contributed by atoms with Gasteiger partial charge in [0.05, 0.1) is 11.3 Å². The van der Waals surface area contributed by atoms with Crippen molar-refractivity contribution < 1.29 is 9.90 Å². The van der Waals surface area contributed by atoms with Gasteiger partial charge in [0.1, 0.15) is 0 Å². The first-order chi connectivity index (χ1) is 11.6. The molecule has 24 heavy (non-hydrogen) atoms. The van der Waals surface area contributed by atoms with Crippen LogP contribution >= 0.6 is 11.8 Å². The lowest BCUT2D eigenvalue weighted by molar-refractivity contribution is -0.136. The second-order valence-corrected chi connectivity index (χ2v) is 9.27. The molecule has 5 heteroatoms. The molecule has 4 aliphatic carbocycles. The van der Waals surface area contributed by atoms with Crippen LogP contribution in [0.1, 0.15) is 32.1 Å². The van der Waals surface area contributed by atoms with Crippen LogP contribution in [0, 0.1) is 17.8 Å². The highest BCUT2D eigenvalue weighted by atomic mass is 32.2. The quantitative estimate of drug-likeness (QED) is 0.822. The summed E-state index contributed by atoms with van der Waals surface area (Å²) in [6.07, 6.45) is 5.08. The number of para-hydroxylation sites is 1. The molecule has 4 bridgehead atoms. The van der Waals surface area contributed by atoms with E-state index in [0.29, 0.717) is 17.8 Å². The smallest absolute Gasteiger partial charge is 0.322 e. The van der Waals surface area contributed by atoms with Gasteiger partial charge in [-0.25, -0.2) is 4.79 Å². The first-order valence-electron chi connectivity index (χ1n) is 9.14. The van der Waals surface area contributed by atoms with Gasteiger partial charge in [-0.15, -0.1) is 11.8 Å². The van der Waals surface area contributed by atoms with Gasteiger partial charge in [-0.05, 0) is 62.0 Å². The third-order valence-corrected chi connectivity index (χ3v) is 7.55. The second kappa shape index (κ2) is 5.40. The first-order valence-corrected chi connectivity index (χ1v) is 10.1. The number of carbonyl (C=O) groups is 1. The van der Waals surface area contributed by atoms with Gasteiger partial charge in [0, 0.05) is 23.2 Å². The zero-order valence-electron chi connectivity index (χ0n) is 13.8. The summed E-state index contributed by atoms with van der Waals surface area (Å²) >= 11 is 1.82. The molecule has 0 radical (unpaired) electrons. The number of benzene rings is 1. The molecular weight excluding hydrogens is 320 g/mol. The van der Waals surface area contributed by atoms with Crippen molar-refractivity contribution in [3.63, 3.8) is 0 Å². The molecule has 4 fully saturated rings. The van der Waals surface area contributed by atoms with Crippen molar-refractivity contribution in [1.82, 2.24) is 5.32 Å². The Morgan fingerprint density at radius 3 is 2.71 bits per heavy atom. The minimum atomic E-state index is -0.438. The molecule has 1 heterocycles. The lowest BCUT2D eigenvalue weighted by atomic mass is 9.52. The minimum Gasteiger partial charge on any atom is -0.390 e. The van der Waals surface area contributed by atoms with Crippen molar-refractivity contribution in [2.75, 3.05) is 17.2 Å². The van der Waals surface area contributed by atoms with Crippen molar-refractivity contribution in [1.29, 1.82) is 0 Å². The number of aliphatic hydroxyl groups is 1. The van der Waals surface area contributed by atoms with Crippen LogP contribution in [0.2, 0.25) is 0 Å². The van der Waals surface area contributed by atoms with E-state index in [0.717, 1.165) is 37.2 Å². The largest absolute Gasteiger partial charge is 0.390 e. The SMILES string of the molecule is O=C(NC1C2CC3CC1CC(O)(C3)C2)N1CCSc2ccccc21. The van der Waals surface area contributed by atoms with E-state index in [1.165, 1.54) is 17.7 Å². The number of carbonyl (C=O) groups excluding carboxylic acids is 1. The third-order valence-electron chi connectivity index (χ3n) is 6.50. The zero-order chi connectivity index (χ0) is 16.3. The van der Waals surface area contributed by atoms with Crippen LogP contribution in [0.15, 0.2) is 29.2 Å². The van der Waals surface area contributed by atoms with Crippen LogP contribution in [0.25, 0.3) is 0 Å². The van der Waals surface area contributed by atoms with Crippen molar-refractivity contribution in [3.05, 3.63) is 24.3 Å². The van der Waals surface area contributed by atoms with Gasteiger partial charge in [-0.2, -0.15) is 0 Å². The maximum atomic E-state index is 13.0. The fourth-order valence-electron chi connectivity index (χ4n) is 5.82. The Morgan fingerprint density at radius 1 is 1.21 bits per heavy atom. The fourth-order valence-corrected chi connectivity index (χ4v) is 6.81. The highest BCUT2D eigenvalue weighted by Gasteiger charge is 2.55. The van der Waals surface area contributed by atoms with E-state index in [-0.39, 0.29) is 12.1 Å². The van der Waals surface area contributed by atoms with Crippen molar-refractivity contribution in [2.45, 2.75) is 48.6 Å². The van der Waals surface area contributed by atoms with Gasteiger partial charge in [-0.1, -0.05) is 12.1 Å². The number of nitrogens with zero attached hydrogens (tertiary/aromatic N) is 1. The number of thioether (sulfide) groups is 1. The maximum Gasteiger partial charge on any atom is 0.322 e. The molecule has 1 aromatic rings. The van der Waals surface area contributed by atoms with Crippen LogP contribution in [-0.2, 0) is 0 Å². The highest BCUT2D eigenvalue weighted by molar-refractivity contribution is 7.99. The fraction of sp³-hybridized carbons (Fsp3) is 0.632. The van der Waals surface area contributed by atoms with Crippen molar-refractivity contribution in [3.8, 4) is 0 Å². The van der Waals surface area contributed by atoms with E-state index in [4.69, 9.17) is 0 Å². The molecule has 5 aliphatic rings. The number of fused-ring (bicyclic) bond motifs is 1. The molecule has 0 spiro atoms. The molecule has 1 aliphatic heterocycles. The van der Waals surface area contributed by atoms with Crippen LogP contribution in [0.3, 0.4) is 0 Å². The topological polar surface area (TPSA) is 52.6 Å². The summed E-state index contributed by atoms with van der Waals surface area (Å²) in [4.78, 5) is 16.1. The van der Waals surface area contributed by atoms with Crippen LogP contribution in [0.4, 0.5) is 10.5 Å². The second-order valence-electron chi connectivity index (χ2n) is 8.14. The van der Waals surface area contributed by atoms with E-state index in [2.05, 4.69) is 11.4 Å². The molecule has 4 saturated carbocycles. The van der Waals surface area contributed by atoms with Crippen molar-refractivity contribution in [2.24, 2.45) is 17.8 Å². The number of nitrogens with one attached hydrogen (secondary N) is 1. The van der Waals surface area contributed by atoms with Crippen LogP contribution in [-0.4, -0.2) is 35.1 Å². The summed E-state index contributed by atoms with van der Waals surface area (Å²) in [6, 6.07) is 8.47. The molecule has 6 rings (SSSR count). The van der Waals surface area contributed by atoms with Gasteiger partial charge < -0.3 is 10.4 Å². The summed E-state index contributed by atoms with van der Waals surface area (Å²) < 4.78 is 0. The Hall–Kier alpha value is -1.20. The standard InChI is InChI=1S/C19H24N2O2S/c22-18(21-5-6-24-16-4-2-1-3-15(16)21)20-17-13-7-12-8-14(17)11-19(23,9-12)10-13/h1-4,12-14,17,23H,5-11H2,(H,20,22). The van der Waals surface area contributed by atoms with E-state index in [1.54, 1.807) is 0 Å². The molecule has 0 saturated heterocycles.